The van der Waals surface area contributed by atoms with E-state index in [9.17, 15) is 40.3 Å². The molecule has 2 N–H and O–H groups in total. The summed E-state index contributed by atoms with van der Waals surface area (Å²) in [4.78, 5) is 11.5. The average molecular weight is 605 g/mol. The lowest BCUT2D eigenvalue weighted by Gasteiger charge is -2.36. The predicted molar refractivity (Wildman–Crippen MR) is 137 cm³/mol. The molecule has 1 aliphatic rings. The molecule has 1 amide bonds. The number of benzene rings is 3. The fourth-order valence-electron chi connectivity index (χ4n) is 3.96. The number of carbonyl (C=O) groups is 1. The molecule has 4 rings (SSSR count). The molecule has 40 heavy (non-hydrogen) atoms. The van der Waals surface area contributed by atoms with Crippen molar-refractivity contribution in [3.8, 4) is 16.9 Å². The maximum atomic E-state index is 14.1. The average Bonchev–Trinajstić information content (AvgIpc) is 2.87. The number of rotatable bonds is 6. The third-order valence-corrected chi connectivity index (χ3v) is 8.15. The van der Waals surface area contributed by atoms with E-state index in [0.717, 1.165) is 28.6 Å². The van der Waals surface area contributed by atoms with Gasteiger partial charge in [0.1, 0.15) is 29.1 Å². The first-order valence-corrected chi connectivity index (χ1v) is 13.5. The number of nitrogens with zero attached hydrogens (tertiary/aromatic N) is 1. The number of carbonyl (C=O) groups excluding carboxylic acids is 1. The number of amides is 1. The molecule has 0 bridgehead atoms. The Labute approximate surface area is 231 Å². The minimum absolute atomic E-state index is 0.0407. The Morgan fingerprint density at radius 3 is 2.48 bits per heavy atom. The molecule has 0 saturated heterocycles. The van der Waals surface area contributed by atoms with Crippen LogP contribution in [0.15, 0.2) is 59.5 Å². The number of nitrogens with one attached hydrogen (secondary N) is 1. The van der Waals surface area contributed by atoms with Crippen molar-refractivity contribution in [1.29, 1.82) is 0 Å². The molecular formula is C26H22ClF5N2O5S. The standard InChI is InChI=1S/C26H22ClF5N2O5S/c1-25(2,36)24(35)33-12-17-13-34(40(37,38)18-5-3-4-15(9-18)26(30,31)32)21-8-14(6-7-22(21)39-17)19-10-16(28)11-20(29)23(19)27/h3-11,17,36H,12-13H2,1-2H3,(H,33,35)/t17-/m0/s1. The number of aliphatic hydroxyl groups is 1. The molecule has 0 aromatic heterocycles. The summed E-state index contributed by atoms with van der Waals surface area (Å²) in [5, 5.41) is 11.9. The number of anilines is 1. The maximum Gasteiger partial charge on any atom is 0.416 e. The van der Waals surface area contributed by atoms with Crippen LogP contribution in [-0.2, 0) is 21.0 Å². The van der Waals surface area contributed by atoms with Gasteiger partial charge in [-0.15, -0.1) is 0 Å². The molecule has 0 aliphatic carbocycles. The van der Waals surface area contributed by atoms with Crippen LogP contribution in [0.4, 0.5) is 27.6 Å². The lowest BCUT2D eigenvalue weighted by Crippen LogP contribution is -2.51. The van der Waals surface area contributed by atoms with Crippen LogP contribution in [0.2, 0.25) is 5.02 Å². The lowest BCUT2D eigenvalue weighted by molar-refractivity contribution is -0.138. The highest BCUT2D eigenvalue weighted by atomic mass is 35.5. The number of alkyl halides is 3. The Morgan fingerprint density at radius 1 is 1.12 bits per heavy atom. The summed E-state index contributed by atoms with van der Waals surface area (Å²) in [6, 6.07) is 8.57. The fourth-order valence-corrected chi connectivity index (χ4v) is 5.73. The highest BCUT2D eigenvalue weighted by molar-refractivity contribution is 7.92. The van der Waals surface area contributed by atoms with Gasteiger partial charge in [-0.05, 0) is 55.8 Å². The molecular weight excluding hydrogens is 583 g/mol. The molecule has 0 unspecified atom stereocenters. The molecule has 7 nitrogen and oxygen atoms in total. The summed E-state index contributed by atoms with van der Waals surface area (Å²) in [6.45, 7) is 1.75. The Bertz CT molecular complexity index is 1570. The molecule has 3 aromatic rings. The van der Waals surface area contributed by atoms with Crippen molar-refractivity contribution in [2.75, 3.05) is 17.4 Å². The SMILES string of the molecule is CC(C)(O)C(=O)NC[C@H]1CN(S(=O)(=O)c2cccc(C(F)(F)F)c2)c2cc(-c3cc(F)cc(F)c3Cl)ccc2O1. The molecule has 0 spiro atoms. The number of fused-ring (bicyclic) bond motifs is 1. The third kappa shape index (κ3) is 6.01. The Morgan fingerprint density at radius 2 is 1.82 bits per heavy atom. The zero-order chi connectivity index (χ0) is 29.6. The van der Waals surface area contributed by atoms with Gasteiger partial charge in [0.05, 0.1) is 34.3 Å². The zero-order valence-electron chi connectivity index (χ0n) is 20.9. The Balaban J connectivity index is 1.81. The van der Waals surface area contributed by atoms with Crippen LogP contribution < -0.4 is 14.4 Å². The first-order valence-electron chi connectivity index (χ1n) is 11.6. The van der Waals surface area contributed by atoms with Crippen LogP contribution in [0.25, 0.3) is 11.1 Å². The first kappa shape index (κ1) is 29.6. The number of sulfonamides is 1. The van der Waals surface area contributed by atoms with Crippen LogP contribution in [0.5, 0.6) is 5.75 Å². The van der Waals surface area contributed by atoms with E-state index >= 15 is 0 Å². The Kier molecular flexibility index (Phi) is 7.78. The normalized spacial score (nSPS) is 15.8. The number of ether oxygens (including phenoxy) is 1. The van der Waals surface area contributed by atoms with E-state index in [1.54, 1.807) is 0 Å². The monoisotopic (exact) mass is 604 g/mol. The van der Waals surface area contributed by atoms with Crippen LogP contribution in [0, 0.1) is 11.6 Å². The van der Waals surface area contributed by atoms with Crippen molar-refractivity contribution >= 4 is 33.2 Å². The minimum atomic E-state index is -4.82. The van der Waals surface area contributed by atoms with Crippen molar-refractivity contribution in [2.24, 2.45) is 0 Å². The fraction of sp³-hybridized carbons (Fsp3) is 0.269. The second-order valence-corrected chi connectivity index (χ2v) is 11.7. The highest BCUT2D eigenvalue weighted by Crippen LogP contribution is 2.42. The summed E-state index contributed by atoms with van der Waals surface area (Å²) in [7, 11) is -4.67. The highest BCUT2D eigenvalue weighted by Gasteiger charge is 2.38. The molecule has 0 radical (unpaired) electrons. The largest absolute Gasteiger partial charge is 0.484 e. The summed E-state index contributed by atoms with van der Waals surface area (Å²) < 4.78 is 102. The third-order valence-electron chi connectivity index (χ3n) is 5.99. The Hall–Kier alpha value is -3.42. The van der Waals surface area contributed by atoms with Gasteiger partial charge < -0.3 is 15.2 Å². The van der Waals surface area contributed by atoms with E-state index < -0.39 is 67.5 Å². The van der Waals surface area contributed by atoms with Gasteiger partial charge >= 0.3 is 6.18 Å². The van der Waals surface area contributed by atoms with Gasteiger partial charge in [-0.2, -0.15) is 13.2 Å². The van der Waals surface area contributed by atoms with E-state index in [1.807, 2.05) is 0 Å². The topological polar surface area (TPSA) is 95.9 Å². The van der Waals surface area contributed by atoms with E-state index in [0.29, 0.717) is 12.1 Å². The van der Waals surface area contributed by atoms with Crippen LogP contribution in [-0.4, -0.2) is 44.2 Å². The molecule has 3 aromatic carbocycles. The smallest absolute Gasteiger partial charge is 0.416 e. The van der Waals surface area contributed by atoms with Gasteiger partial charge in [-0.3, -0.25) is 9.10 Å². The van der Waals surface area contributed by atoms with Crippen molar-refractivity contribution in [1.82, 2.24) is 5.32 Å². The van der Waals surface area contributed by atoms with Gasteiger partial charge in [-0.25, -0.2) is 17.2 Å². The molecule has 1 aliphatic heterocycles. The van der Waals surface area contributed by atoms with Crippen molar-refractivity contribution in [2.45, 2.75) is 36.6 Å². The zero-order valence-corrected chi connectivity index (χ0v) is 22.5. The summed E-state index contributed by atoms with van der Waals surface area (Å²) in [5.41, 5.74) is -3.07. The maximum absolute atomic E-state index is 14.1. The van der Waals surface area contributed by atoms with Gasteiger partial charge in [0.25, 0.3) is 15.9 Å². The summed E-state index contributed by atoms with van der Waals surface area (Å²) in [5.74, 6) is -2.81. The molecule has 0 saturated carbocycles. The van der Waals surface area contributed by atoms with Crippen molar-refractivity contribution in [3.63, 3.8) is 0 Å². The number of hydrogen-bond acceptors (Lipinski definition) is 5. The van der Waals surface area contributed by atoms with E-state index in [2.05, 4.69) is 5.32 Å². The van der Waals surface area contributed by atoms with Crippen LogP contribution in [0.1, 0.15) is 19.4 Å². The van der Waals surface area contributed by atoms with Crippen LogP contribution in [0.3, 0.4) is 0 Å². The second kappa shape index (κ2) is 10.5. The number of hydrogen-bond donors (Lipinski definition) is 2. The first-order chi connectivity index (χ1) is 18.5. The van der Waals surface area contributed by atoms with Crippen molar-refractivity contribution < 1.29 is 45.0 Å². The minimum Gasteiger partial charge on any atom is -0.484 e. The van der Waals surface area contributed by atoms with Crippen molar-refractivity contribution in [3.05, 3.63) is 76.8 Å². The quantitative estimate of drug-likeness (QED) is 0.300. The second-order valence-electron chi connectivity index (χ2n) is 9.50. The van der Waals surface area contributed by atoms with E-state index in [-0.39, 0.29) is 29.1 Å². The molecule has 1 heterocycles. The lowest BCUT2D eigenvalue weighted by atomic mass is 10.0. The van der Waals surface area contributed by atoms with Gasteiger partial charge in [0.2, 0.25) is 0 Å². The van der Waals surface area contributed by atoms with E-state index in [1.165, 1.54) is 32.0 Å². The van der Waals surface area contributed by atoms with Gasteiger partial charge in [0.15, 0.2) is 0 Å². The molecule has 0 fully saturated rings. The summed E-state index contributed by atoms with van der Waals surface area (Å²) in [6.07, 6.45) is -5.84. The van der Waals surface area contributed by atoms with Crippen LogP contribution >= 0.6 is 11.6 Å². The van der Waals surface area contributed by atoms with Gasteiger partial charge in [-0.1, -0.05) is 23.7 Å². The van der Waals surface area contributed by atoms with Gasteiger partial charge in [0, 0.05) is 11.6 Å². The van der Waals surface area contributed by atoms with E-state index in [4.69, 9.17) is 16.3 Å². The molecule has 14 heteroatoms. The molecule has 1 atom stereocenters. The molecule has 214 valence electrons. The number of halogens is 6. The summed E-state index contributed by atoms with van der Waals surface area (Å²) >= 11 is 6.02. The predicted octanol–water partition coefficient (Wildman–Crippen LogP) is 5.15.